The molecule has 2 heterocycles. The lowest BCUT2D eigenvalue weighted by Crippen LogP contribution is -2.35. The zero-order chi connectivity index (χ0) is 24.5. The summed E-state index contributed by atoms with van der Waals surface area (Å²) in [5.41, 5.74) is 2.23. The molecular formula is C25H18FN3O5S. The maximum atomic E-state index is 13.3. The number of aliphatic carboxylic acids is 1. The molecule has 4 aromatic rings. The molecule has 8 nitrogen and oxygen atoms in total. The summed E-state index contributed by atoms with van der Waals surface area (Å²) in [5, 5.41) is 12.4. The standard InChI is InChI=1S/C25H18FN3O5S/c26-16-9-5-14(6-10-16)13-29(23(31)20-21(34-20)24(32)33)17-11-7-15(8-12-17)22(30)28-25-27-18-3-1-2-4-19(18)35-25/h1-12,20-21H,13H2,(H,32,33)(H,27,28,30). The van der Waals surface area contributed by atoms with Gasteiger partial charge in [0, 0.05) is 11.3 Å². The van der Waals surface area contributed by atoms with E-state index in [0.29, 0.717) is 21.9 Å². The summed E-state index contributed by atoms with van der Waals surface area (Å²) in [6.07, 6.45) is -2.30. The second kappa shape index (κ2) is 9.24. The van der Waals surface area contributed by atoms with Gasteiger partial charge in [0.05, 0.1) is 16.8 Å². The Bertz CT molecular complexity index is 1390. The number of thiazole rings is 1. The lowest BCUT2D eigenvalue weighted by Gasteiger charge is -2.22. The monoisotopic (exact) mass is 491 g/mol. The second-order valence-corrected chi connectivity index (χ2v) is 8.88. The van der Waals surface area contributed by atoms with Crippen molar-refractivity contribution in [2.45, 2.75) is 18.8 Å². The number of hydrogen-bond acceptors (Lipinski definition) is 6. The van der Waals surface area contributed by atoms with Gasteiger partial charge < -0.3 is 14.7 Å². The van der Waals surface area contributed by atoms with Crippen molar-refractivity contribution in [3.05, 3.63) is 89.7 Å². The lowest BCUT2D eigenvalue weighted by molar-refractivity contribution is -0.138. The minimum atomic E-state index is -1.22. The van der Waals surface area contributed by atoms with Gasteiger partial charge in [-0.15, -0.1) is 0 Å². The van der Waals surface area contributed by atoms with E-state index in [9.17, 15) is 18.8 Å². The van der Waals surface area contributed by atoms with Crippen molar-refractivity contribution in [3.63, 3.8) is 0 Å². The summed E-state index contributed by atoms with van der Waals surface area (Å²) >= 11 is 1.36. The Morgan fingerprint density at radius 2 is 1.71 bits per heavy atom. The number of carboxylic acids is 1. The van der Waals surface area contributed by atoms with Gasteiger partial charge in [-0.2, -0.15) is 0 Å². The second-order valence-electron chi connectivity index (χ2n) is 7.85. The zero-order valence-electron chi connectivity index (χ0n) is 18.1. The van der Waals surface area contributed by atoms with E-state index >= 15 is 0 Å². The molecule has 5 rings (SSSR count). The van der Waals surface area contributed by atoms with Crippen LogP contribution in [0.25, 0.3) is 10.2 Å². The van der Waals surface area contributed by atoms with Gasteiger partial charge in [0.15, 0.2) is 17.3 Å². The largest absolute Gasteiger partial charge is 0.479 e. The predicted molar refractivity (Wildman–Crippen MR) is 128 cm³/mol. The van der Waals surface area contributed by atoms with E-state index in [-0.39, 0.29) is 12.5 Å². The number of nitrogens with zero attached hydrogens (tertiary/aromatic N) is 2. The van der Waals surface area contributed by atoms with Crippen LogP contribution in [-0.4, -0.2) is 40.1 Å². The normalized spacial score (nSPS) is 16.6. The number of rotatable bonds is 7. The third-order valence-electron chi connectivity index (χ3n) is 5.45. The van der Waals surface area contributed by atoms with E-state index in [0.717, 1.165) is 10.2 Å². The smallest absolute Gasteiger partial charge is 0.336 e. The number of para-hydroxylation sites is 1. The van der Waals surface area contributed by atoms with E-state index in [4.69, 9.17) is 9.84 Å². The number of epoxide rings is 1. The highest BCUT2D eigenvalue weighted by molar-refractivity contribution is 7.22. The Morgan fingerprint density at radius 3 is 2.37 bits per heavy atom. The van der Waals surface area contributed by atoms with Crippen molar-refractivity contribution in [2.75, 3.05) is 10.2 Å². The first kappa shape index (κ1) is 22.6. The minimum Gasteiger partial charge on any atom is -0.479 e. The van der Waals surface area contributed by atoms with Gasteiger partial charge in [0.25, 0.3) is 11.8 Å². The third kappa shape index (κ3) is 4.88. The number of hydrogen-bond donors (Lipinski definition) is 2. The van der Waals surface area contributed by atoms with Crippen LogP contribution in [0, 0.1) is 5.82 Å². The summed E-state index contributed by atoms with van der Waals surface area (Å²) in [7, 11) is 0. The molecule has 0 bridgehead atoms. The molecule has 1 fully saturated rings. The van der Waals surface area contributed by atoms with Crippen molar-refractivity contribution >= 4 is 50.2 Å². The fraction of sp³-hybridized carbons (Fsp3) is 0.120. The fourth-order valence-corrected chi connectivity index (χ4v) is 4.46. The molecule has 2 atom stereocenters. The summed E-state index contributed by atoms with van der Waals surface area (Å²) in [6.45, 7) is 0.0720. The van der Waals surface area contributed by atoms with Gasteiger partial charge in [-0.1, -0.05) is 35.6 Å². The van der Waals surface area contributed by atoms with E-state index in [1.54, 1.807) is 24.3 Å². The number of benzene rings is 3. The van der Waals surface area contributed by atoms with Crippen molar-refractivity contribution < 1.29 is 28.6 Å². The van der Waals surface area contributed by atoms with Crippen molar-refractivity contribution in [3.8, 4) is 0 Å². The number of nitrogens with one attached hydrogen (secondary N) is 1. The quantitative estimate of drug-likeness (QED) is 0.377. The van der Waals surface area contributed by atoms with Crippen LogP contribution in [0.3, 0.4) is 0 Å². The first-order valence-electron chi connectivity index (χ1n) is 10.6. The summed E-state index contributed by atoms with van der Waals surface area (Å²) in [4.78, 5) is 42.7. The van der Waals surface area contributed by atoms with E-state index in [2.05, 4.69) is 10.3 Å². The number of ether oxygens (including phenoxy) is 1. The molecule has 1 aromatic heterocycles. The third-order valence-corrected chi connectivity index (χ3v) is 6.41. The molecule has 1 aliphatic heterocycles. The molecule has 2 unspecified atom stereocenters. The zero-order valence-corrected chi connectivity index (χ0v) is 18.9. The molecule has 2 N–H and O–H groups in total. The fourth-order valence-electron chi connectivity index (χ4n) is 3.60. The Kier molecular flexibility index (Phi) is 5.98. The van der Waals surface area contributed by atoms with Gasteiger partial charge >= 0.3 is 5.97 Å². The van der Waals surface area contributed by atoms with Crippen LogP contribution < -0.4 is 10.2 Å². The van der Waals surface area contributed by atoms with Crippen LogP contribution in [-0.2, 0) is 20.9 Å². The predicted octanol–water partition coefficient (Wildman–Crippen LogP) is 4.07. The highest BCUT2D eigenvalue weighted by Gasteiger charge is 2.52. The van der Waals surface area contributed by atoms with Crippen molar-refractivity contribution in [1.82, 2.24) is 4.98 Å². The average Bonchev–Trinajstić information content (AvgIpc) is 3.57. The highest BCUT2D eigenvalue weighted by Crippen LogP contribution is 2.29. The molecule has 3 aromatic carbocycles. The molecule has 0 spiro atoms. The number of fused-ring (bicyclic) bond motifs is 1. The number of carboxylic acid groups (broad SMARTS) is 1. The van der Waals surface area contributed by atoms with Crippen LogP contribution in [0.15, 0.2) is 72.8 Å². The molecule has 10 heteroatoms. The van der Waals surface area contributed by atoms with Crippen LogP contribution in [0.5, 0.6) is 0 Å². The number of carbonyl (C=O) groups is 3. The van der Waals surface area contributed by atoms with E-state index in [1.165, 1.54) is 40.5 Å². The Labute approximate surface area is 202 Å². The molecule has 1 aliphatic rings. The maximum absolute atomic E-state index is 13.3. The first-order valence-corrected chi connectivity index (χ1v) is 11.4. The average molecular weight is 492 g/mol. The molecule has 2 amide bonds. The number of amides is 2. The SMILES string of the molecule is O=C(Nc1nc2ccccc2s1)c1ccc(N(Cc2ccc(F)cc2)C(=O)C2OC2C(=O)O)cc1. The van der Waals surface area contributed by atoms with Gasteiger partial charge in [0.1, 0.15) is 5.82 Å². The number of halogens is 1. The van der Waals surface area contributed by atoms with Crippen LogP contribution in [0.4, 0.5) is 15.2 Å². The first-order chi connectivity index (χ1) is 16.9. The number of carbonyl (C=O) groups excluding carboxylic acids is 2. The van der Waals surface area contributed by atoms with Gasteiger partial charge in [-0.3, -0.25) is 14.9 Å². The van der Waals surface area contributed by atoms with Gasteiger partial charge in [-0.25, -0.2) is 14.2 Å². The van der Waals surface area contributed by atoms with E-state index < -0.39 is 29.9 Å². The molecule has 0 aliphatic carbocycles. The highest BCUT2D eigenvalue weighted by atomic mass is 32.1. The summed E-state index contributed by atoms with van der Waals surface area (Å²) in [6, 6.07) is 19.5. The summed E-state index contributed by atoms with van der Waals surface area (Å²) in [5.74, 6) is -2.52. The van der Waals surface area contributed by atoms with Crippen LogP contribution in [0.1, 0.15) is 15.9 Å². The Balaban J connectivity index is 1.35. The number of anilines is 2. The summed E-state index contributed by atoms with van der Waals surface area (Å²) < 4.78 is 19.3. The maximum Gasteiger partial charge on any atom is 0.336 e. The van der Waals surface area contributed by atoms with E-state index in [1.807, 2.05) is 24.3 Å². The molecule has 1 saturated heterocycles. The minimum absolute atomic E-state index is 0.0720. The van der Waals surface area contributed by atoms with Crippen molar-refractivity contribution in [2.24, 2.45) is 0 Å². The molecule has 176 valence electrons. The Morgan fingerprint density at radius 1 is 1.00 bits per heavy atom. The van der Waals surface area contributed by atoms with Crippen LogP contribution in [0.2, 0.25) is 0 Å². The van der Waals surface area contributed by atoms with Crippen LogP contribution >= 0.6 is 11.3 Å². The topological polar surface area (TPSA) is 112 Å². The van der Waals surface area contributed by atoms with Crippen molar-refractivity contribution in [1.29, 1.82) is 0 Å². The molecule has 0 saturated carbocycles. The number of aromatic nitrogens is 1. The molecular weight excluding hydrogens is 473 g/mol. The molecule has 35 heavy (non-hydrogen) atoms. The lowest BCUT2D eigenvalue weighted by atomic mass is 10.1. The van der Waals surface area contributed by atoms with Gasteiger partial charge in [-0.05, 0) is 54.1 Å². The van der Waals surface area contributed by atoms with Gasteiger partial charge in [0.2, 0.25) is 0 Å². The Hall–Kier alpha value is -4.15. The molecule has 0 radical (unpaired) electrons.